The van der Waals surface area contributed by atoms with Crippen LogP contribution in [0, 0.1) is 17.8 Å². The second-order valence-electron chi connectivity index (χ2n) is 11.0. The molecular formula is C35H52FNO7S. The number of unbranched alkanes of at least 4 members (excludes halogenated alkanes) is 8. The number of carbonyl (C=O) groups is 3. The highest BCUT2D eigenvalue weighted by molar-refractivity contribution is 7.99. The van der Waals surface area contributed by atoms with Crippen molar-refractivity contribution in [1.29, 1.82) is 0 Å². The van der Waals surface area contributed by atoms with Crippen LogP contribution in [-0.2, 0) is 25.5 Å². The van der Waals surface area contributed by atoms with Crippen LogP contribution in [0.25, 0.3) is 0 Å². The summed E-state index contributed by atoms with van der Waals surface area (Å²) < 4.78 is 23.7. The molecule has 0 heterocycles. The summed E-state index contributed by atoms with van der Waals surface area (Å²) in [7, 11) is 1.18. The van der Waals surface area contributed by atoms with Gasteiger partial charge in [0.1, 0.15) is 18.4 Å². The van der Waals surface area contributed by atoms with Crippen LogP contribution in [0.4, 0.5) is 4.39 Å². The van der Waals surface area contributed by atoms with E-state index in [2.05, 4.69) is 24.1 Å². The number of ether oxygens (including phenoxy) is 2. The summed E-state index contributed by atoms with van der Waals surface area (Å²) in [6.07, 6.45) is 13.2. The van der Waals surface area contributed by atoms with E-state index in [-0.39, 0.29) is 13.0 Å². The van der Waals surface area contributed by atoms with Crippen LogP contribution in [0.1, 0.15) is 90.0 Å². The van der Waals surface area contributed by atoms with Crippen molar-refractivity contribution in [3.8, 4) is 17.6 Å². The Balaban J connectivity index is 2.79. The van der Waals surface area contributed by atoms with E-state index in [1.54, 1.807) is 37.3 Å². The summed E-state index contributed by atoms with van der Waals surface area (Å²) in [4.78, 5) is 38.0. The first-order valence-electron chi connectivity index (χ1n) is 16.0. The van der Waals surface area contributed by atoms with Gasteiger partial charge in [0.15, 0.2) is 5.60 Å². The Labute approximate surface area is 272 Å². The molecule has 0 aliphatic rings. The highest BCUT2D eigenvalue weighted by atomic mass is 32.2. The molecule has 0 aromatic heterocycles. The molecule has 0 aliphatic heterocycles. The standard InChI is InChI=1S/C35H52FNO7S/c1-4-6-8-12-15-25-45-26-16-13-10-9-11-14-17-30(35(42,22-23-36)34(40)41)32(38)37-31(33(39)43-3)27-28-18-20-29(21-19-28)44-24-7-5-2/h14,17-21,30-31,42H,4,6,8-13,15-16,22-27H2,1-3H3,(H,37,38)(H,40,41)/b17-14+/t30-,31+,35+/m1/s1. The van der Waals surface area contributed by atoms with Gasteiger partial charge in [-0.25, -0.2) is 9.59 Å². The molecule has 45 heavy (non-hydrogen) atoms. The zero-order valence-corrected chi connectivity index (χ0v) is 28.0. The molecule has 0 radical (unpaired) electrons. The molecule has 3 atom stereocenters. The number of aliphatic hydroxyl groups is 1. The summed E-state index contributed by atoms with van der Waals surface area (Å²) in [6, 6.07) is 5.67. The number of thioether (sulfide) groups is 1. The fraction of sp³-hybridized carbons (Fsp3) is 0.629. The van der Waals surface area contributed by atoms with Gasteiger partial charge in [-0.15, -0.1) is 5.92 Å². The van der Waals surface area contributed by atoms with Gasteiger partial charge in [-0.3, -0.25) is 9.18 Å². The van der Waals surface area contributed by atoms with Gasteiger partial charge in [0, 0.05) is 12.8 Å². The van der Waals surface area contributed by atoms with Crippen molar-refractivity contribution >= 4 is 29.6 Å². The third-order valence-electron chi connectivity index (χ3n) is 7.43. The van der Waals surface area contributed by atoms with Crippen molar-refractivity contribution in [2.45, 2.75) is 103 Å². The molecule has 10 heteroatoms. The number of hydrogen-bond donors (Lipinski definition) is 3. The van der Waals surface area contributed by atoms with Gasteiger partial charge in [-0.05, 0) is 61.8 Å². The minimum absolute atomic E-state index is 0.0373. The maximum Gasteiger partial charge on any atom is 0.336 e. The number of carboxylic acid groups (broad SMARTS) is 1. The van der Waals surface area contributed by atoms with E-state index in [0.29, 0.717) is 17.7 Å². The van der Waals surface area contributed by atoms with Gasteiger partial charge in [0.25, 0.3) is 0 Å². The largest absolute Gasteiger partial charge is 0.481 e. The van der Waals surface area contributed by atoms with Crippen molar-refractivity contribution < 1.29 is 38.5 Å². The van der Waals surface area contributed by atoms with E-state index >= 15 is 0 Å². The third kappa shape index (κ3) is 16.2. The van der Waals surface area contributed by atoms with Crippen LogP contribution in [0.2, 0.25) is 0 Å². The predicted octanol–water partition coefficient (Wildman–Crippen LogP) is 6.29. The quantitative estimate of drug-likeness (QED) is 0.0489. The van der Waals surface area contributed by atoms with Crippen LogP contribution in [-0.4, -0.2) is 71.6 Å². The second-order valence-corrected chi connectivity index (χ2v) is 12.2. The SMILES string of the molecule is CC#CCOc1ccc(C[C@H](NC(=O)[C@@H](/C=C/CCCCCCSCCCCCCC)[C@@](O)(CCF)C(=O)O)C(=O)OC)cc1. The zero-order valence-electron chi connectivity index (χ0n) is 27.2. The number of esters is 1. The lowest BCUT2D eigenvalue weighted by Crippen LogP contribution is -2.55. The number of benzene rings is 1. The fourth-order valence-corrected chi connectivity index (χ4v) is 5.73. The van der Waals surface area contributed by atoms with Crippen LogP contribution in [0.5, 0.6) is 5.75 Å². The Morgan fingerprint density at radius 1 is 1.04 bits per heavy atom. The van der Waals surface area contributed by atoms with Gasteiger partial charge < -0.3 is 25.0 Å². The van der Waals surface area contributed by atoms with E-state index in [1.807, 2.05) is 11.8 Å². The average Bonchev–Trinajstić information content (AvgIpc) is 3.03. The monoisotopic (exact) mass is 649 g/mol. The van der Waals surface area contributed by atoms with E-state index in [1.165, 1.54) is 51.0 Å². The smallest absolute Gasteiger partial charge is 0.336 e. The molecule has 0 spiro atoms. The first-order valence-corrected chi connectivity index (χ1v) is 17.1. The number of alkyl halides is 1. The number of carboxylic acids is 1. The van der Waals surface area contributed by atoms with E-state index in [0.717, 1.165) is 31.4 Å². The number of amides is 1. The minimum atomic E-state index is -2.69. The van der Waals surface area contributed by atoms with Gasteiger partial charge in [-0.1, -0.05) is 75.7 Å². The number of allylic oxidation sites excluding steroid dienone is 1. The van der Waals surface area contributed by atoms with E-state index in [4.69, 9.17) is 9.47 Å². The van der Waals surface area contributed by atoms with Crippen molar-refractivity contribution in [2.24, 2.45) is 5.92 Å². The summed E-state index contributed by atoms with van der Waals surface area (Å²) in [5, 5.41) is 23.3. The highest BCUT2D eigenvalue weighted by Crippen LogP contribution is 2.26. The summed E-state index contributed by atoms with van der Waals surface area (Å²) in [6.45, 7) is 3.02. The summed E-state index contributed by atoms with van der Waals surface area (Å²) in [5.74, 6) is 3.45. The number of aliphatic carboxylic acids is 1. The molecule has 1 rings (SSSR count). The van der Waals surface area contributed by atoms with Crippen molar-refractivity contribution in [3.63, 3.8) is 0 Å². The Hall–Kier alpha value is -3.03. The Bertz CT molecular complexity index is 1090. The highest BCUT2D eigenvalue weighted by Gasteiger charge is 2.47. The average molecular weight is 650 g/mol. The van der Waals surface area contributed by atoms with Crippen LogP contribution >= 0.6 is 11.8 Å². The number of halogens is 1. The lowest BCUT2D eigenvalue weighted by Gasteiger charge is -2.30. The van der Waals surface area contributed by atoms with Crippen molar-refractivity contribution in [1.82, 2.24) is 5.32 Å². The lowest BCUT2D eigenvalue weighted by molar-refractivity contribution is -0.168. The molecule has 1 amide bonds. The van der Waals surface area contributed by atoms with Crippen molar-refractivity contribution in [3.05, 3.63) is 42.0 Å². The molecule has 0 bridgehead atoms. The summed E-state index contributed by atoms with van der Waals surface area (Å²) in [5.41, 5.74) is -2.02. The van der Waals surface area contributed by atoms with Crippen LogP contribution < -0.4 is 10.1 Å². The van der Waals surface area contributed by atoms with Gasteiger partial charge in [-0.2, -0.15) is 11.8 Å². The van der Waals surface area contributed by atoms with E-state index in [9.17, 15) is 29.0 Å². The molecule has 0 fully saturated rings. The minimum Gasteiger partial charge on any atom is -0.481 e. The molecule has 1 aromatic rings. The third-order valence-corrected chi connectivity index (χ3v) is 8.58. The number of methoxy groups -OCH3 is 1. The van der Waals surface area contributed by atoms with Gasteiger partial charge in [0.2, 0.25) is 5.91 Å². The molecule has 3 N–H and O–H groups in total. The van der Waals surface area contributed by atoms with Gasteiger partial charge >= 0.3 is 11.9 Å². The zero-order chi connectivity index (χ0) is 33.3. The molecule has 252 valence electrons. The molecule has 8 nitrogen and oxygen atoms in total. The number of carbonyl (C=O) groups excluding carboxylic acids is 2. The first-order chi connectivity index (χ1) is 21.7. The lowest BCUT2D eigenvalue weighted by atomic mass is 9.83. The number of rotatable bonds is 25. The normalized spacial score (nSPS) is 13.7. The number of hydrogen-bond acceptors (Lipinski definition) is 7. The Kier molecular flexibility index (Phi) is 21.5. The number of nitrogens with one attached hydrogen (secondary N) is 1. The molecule has 0 saturated heterocycles. The molecular weight excluding hydrogens is 597 g/mol. The summed E-state index contributed by atoms with van der Waals surface area (Å²) >= 11 is 1.99. The maximum absolute atomic E-state index is 13.4. The molecule has 0 unspecified atom stereocenters. The van der Waals surface area contributed by atoms with Gasteiger partial charge in [0.05, 0.1) is 19.7 Å². The maximum atomic E-state index is 13.4. The topological polar surface area (TPSA) is 122 Å². The predicted molar refractivity (Wildman–Crippen MR) is 178 cm³/mol. The fourth-order valence-electron chi connectivity index (χ4n) is 4.71. The van der Waals surface area contributed by atoms with Crippen LogP contribution in [0.3, 0.4) is 0 Å². The van der Waals surface area contributed by atoms with Crippen LogP contribution in [0.15, 0.2) is 36.4 Å². The molecule has 1 aromatic carbocycles. The second kappa shape index (κ2) is 24.2. The van der Waals surface area contributed by atoms with Crippen molar-refractivity contribution in [2.75, 3.05) is 31.9 Å². The Morgan fingerprint density at radius 3 is 2.27 bits per heavy atom. The molecule has 0 saturated carbocycles. The first kappa shape index (κ1) is 40.0. The molecule has 0 aliphatic carbocycles. The Morgan fingerprint density at radius 2 is 1.69 bits per heavy atom. The van der Waals surface area contributed by atoms with E-state index < -0.39 is 48.5 Å².